The van der Waals surface area contributed by atoms with Crippen molar-refractivity contribution in [2.24, 2.45) is 5.92 Å². The normalized spacial score (nSPS) is 16.2. The zero-order valence-electron chi connectivity index (χ0n) is 10.7. The molecule has 1 aliphatic rings. The first kappa shape index (κ1) is 12.0. The fraction of sp³-hybridized carbons (Fsp3) is 0.667. The Labute approximate surface area is 102 Å². The SMILES string of the molecule is CC(C)C(C)NC(=O)c1cn2c(n1)NCCC2. The lowest BCUT2D eigenvalue weighted by molar-refractivity contribution is 0.0926. The summed E-state index contributed by atoms with van der Waals surface area (Å²) in [5.41, 5.74) is 0.502. The van der Waals surface area contributed by atoms with Crippen LogP contribution in [-0.2, 0) is 6.54 Å². The van der Waals surface area contributed by atoms with E-state index in [4.69, 9.17) is 0 Å². The van der Waals surface area contributed by atoms with E-state index in [0.717, 1.165) is 25.5 Å². The van der Waals surface area contributed by atoms with Gasteiger partial charge in [-0.3, -0.25) is 4.79 Å². The van der Waals surface area contributed by atoms with Crippen LogP contribution in [0.25, 0.3) is 0 Å². The molecule has 94 valence electrons. The van der Waals surface area contributed by atoms with Crippen LogP contribution in [0.2, 0.25) is 0 Å². The Kier molecular flexibility index (Phi) is 3.36. The van der Waals surface area contributed by atoms with Crippen LogP contribution in [0, 0.1) is 5.92 Å². The van der Waals surface area contributed by atoms with Crippen LogP contribution >= 0.6 is 0 Å². The van der Waals surface area contributed by atoms with Crippen LogP contribution in [0.1, 0.15) is 37.7 Å². The number of amides is 1. The van der Waals surface area contributed by atoms with Crippen molar-refractivity contribution in [3.63, 3.8) is 0 Å². The van der Waals surface area contributed by atoms with Gasteiger partial charge < -0.3 is 15.2 Å². The van der Waals surface area contributed by atoms with E-state index in [1.807, 2.05) is 17.7 Å². The minimum atomic E-state index is -0.0881. The molecule has 5 nitrogen and oxygen atoms in total. The number of aryl methyl sites for hydroxylation is 1. The molecule has 1 aromatic heterocycles. The van der Waals surface area contributed by atoms with E-state index in [-0.39, 0.29) is 11.9 Å². The van der Waals surface area contributed by atoms with Gasteiger partial charge in [-0.05, 0) is 19.3 Å². The molecule has 17 heavy (non-hydrogen) atoms. The third-order valence-electron chi connectivity index (χ3n) is 3.23. The van der Waals surface area contributed by atoms with Gasteiger partial charge in [-0.1, -0.05) is 13.8 Å². The molecule has 2 heterocycles. The Bertz CT molecular complexity index is 387. The molecular weight excluding hydrogens is 216 g/mol. The highest BCUT2D eigenvalue weighted by Crippen LogP contribution is 2.14. The average molecular weight is 236 g/mol. The third kappa shape index (κ3) is 2.60. The molecule has 0 fully saturated rings. The van der Waals surface area contributed by atoms with E-state index in [1.54, 1.807) is 0 Å². The van der Waals surface area contributed by atoms with Gasteiger partial charge in [0.1, 0.15) is 5.69 Å². The van der Waals surface area contributed by atoms with Gasteiger partial charge in [0.15, 0.2) is 0 Å². The molecule has 1 aromatic rings. The predicted molar refractivity (Wildman–Crippen MR) is 67.1 cm³/mol. The lowest BCUT2D eigenvalue weighted by Gasteiger charge is -2.16. The molecule has 1 aliphatic heterocycles. The topological polar surface area (TPSA) is 59.0 Å². The maximum atomic E-state index is 12.0. The molecule has 2 rings (SSSR count). The number of nitrogens with zero attached hydrogens (tertiary/aromatic N) is 2. The van der Waals surface area contributed by atoms with Crippen molar-refractivity contribution in [1.82, 2.24) is 14.9 Å². The molecule has 0 radical (unpaired) electrons. The minimum Gasteiger partial charge on any atom is -0.356 e. The largest absolute Gasteiger partial charge is 0.356 e. The Morgan fingerprint density at radius 3 is 2.94 bits per heavy atom. The Hall–Kier alpha value is -1.52. The predicted octanol–water partition coefficient (Wildman–Crippen LogP) is 1.47. The van der Waals surface area contributed by atoms with Crippen LogP contribution in [-0.4, -0.2) is 28.0 Å². The molecule has 1 amide bonds. The number of rotatable bonds is 3. The van der Waals surface area contributed by atoms with E-state index in [9.17, 15) is 4.79 Å². The standard InChI is InChI=1S/C12H20N4O/c1-8(2)9(3)14-11(17)10-7-16-6-4-5-13-12(16)15-10/h7-9H,4-6H2,1-3H3,(H,13,15)(H,14,17). The Balaban J connectivity index is 2.07. The van der Waals surface area contributed by atoms with Gasteiger partial charge in [-0.15, -0.1) is 0 Å². The first-order chi connectivity index (χ1) is 8.08. The summed E-state index contributed by atoms with van der Waals surface area (Å²) in [4.78, 5) is 16.3. The van der Waals surface area contributed by atoms with E-state index in [2.05, 4.69) is 29.5 Å². The highest BCUT2D eigenvalue weighted by atomic mass is 16.2. The number of fused-ring (bicyclic) bond motifs is 1. The van der Waals surface area contributed by atoms with Crippen LogP contribution in [0.4, 0.5) is 5.95 Å². The Morgan fingerprint density at radius 2 is 2.29 bits per heavy atom. The highest BCUT2D eigenvalue weighted by Gasteiger charge is 2.18. The molecule has 0 aliphatic carbocycles. The van der Waals surface area contributed by atoms with Crippen molar-refractivity contribution in [2.45, 2.75) is 39.8 Å². The van der Waals surface area contributed by atoms with Crippen molar-refractivity contribution >= 4 is 11.9 Å². The maximum Gasteiger partial charge on any atom is 0.271 e. The molecule has 0 bridgehead atoms. The zero-order valence-corrected chi connectivity index (χ0v) is 10.7. The number of imidazole rings is 1. The smallest absolute Gasteiger partial charge is 0.271 e. The van der Waals surface area contributed by atoms with Crippen molar-refractivity contribution in [1.29, 1.82) is 0 Å². The molecule has 2 N–H and O–H groups in total. The number of carbonyl (C=O) groups is 1. The lowest BCUT2D eigenvalue weighted by Crippen LogP contribution is -2.36. The lowest BCUT2D eigenvalue weighted by atomic mass is 10.1. The first-order valence-electron chi connectivity index (χ1n) is 6.20. The zero-order chi connectivity index (χ0) is 12.4. The molecule has 0 aromatic carbocycles. The van der Waals surface area contributed by atoms with Gasteiger partial charge in [0.05, 0.1) is 0 Å². The van der Waals surface area contributed by atoms with Crippen LogP contribution in [0.5, 0.6) is 0 Å². The third-order valence-corrected chi connectivity index (χ3v) is 3.23. The summed E-state index contributed by atoms with van der Waals surface area (Å²) in [6.07, 6.45) is 2.90. The van der Waals surface area contributed by atoms with Crippen molar-refractivity contribution in [2.75, 3.05) is 11.9 Å². The van der Waals surface area contributed by atoms with Gasteiger partial charge in [0.25, 0.3) is 5.91 Å². The van der Waals surface area contributed by atoms with Gasteiger partial charge >= 0.3 is 0 Å². The van der Waals surface area contributed by atoms with Gasteiger partial charge in [0, 0.05) is 25.3 Å². The highest BCUT2D eigenvalue weighted by molar-refractivity contribution is 5.92. The number of anilines is 1. The van der Waals surface area contributed by atoms with E-state index >= 15 is 0 Å². The molecule has 5 heteroatoms. The van der Waals surface area contributed by atoms with Crippen molar-refractivity contribution < 1.29 is 4.79 Å². The minimum absolute atomic E-state index is 0.0881. The monoisotopic (exact) mass is 236 g/mol. The van der Waals surface area contributed by atoms with Crippen LogP contribution in [0.15, 0.2) is 6.20 Å². The summed E-state index contributed by atoms with van der Waals surface area (Å²) < 4.78 is 2.00. The number of nitrogens with one attached hydrogen (secondary N) is 2. The van der Waals surface area contributed by atoms with E-state index < -0.39 is 0 Å². The molecular formula is C12H20N4O. The second-order valence-electron chi connectivity index (χ2n) is 4.93. The quantitative estimate of drug-likeness (QED) is 0.835. The molecule has 1 unspecified atom stereocenters. The van der Waals surface area contributed by atoms with Crippen LogP contribution < -0.4 is 10.6 Å². The summed E-state index contributed by atoms with van der Waals surface area (Å²) in [6, 6.07) is 0.161. The number of aromatic nitrogens is 2. The number of hydrogen-bond donors (Lipinski definition) is 2. The maximum absolute atomic E-state index is 12.0. The van der Waals surface area contributed by atoms with Crippen molar-refractivity contribution in [3.8, 4) is 0 Å². The van der Waals surface area contributed by atoms with Gasteiger partial charge in [-0.25, -0.2) is 4.98 Å². The fourth-order valence-corrected chi connectivity index (χ4v) is 1.73. The first-order valence-corrected chi connectivity index (χ1v) is 6.20. The Morgan fingerprint density at radius 1 is 1.53 bits per heavy atom. The average Bonchev–Trinajstić information content (AvgIpc) is 2.72. The fourth-order valence-electron chi connectivity index (χ4n) is 1.73. The summed E-state index contributed by atoms with van der Waals surface area (Å²) >= 11 is 0. The summed E-state index contributed by atoms with van der Waals surface area (Å²) in [7, 11) is 0. The number of carbonyl (C=O) groups excluding carboxylic acids is 1. The summed E-state index contributed by atoms with van der Waals surface area (Å²) in [5.74, 6) is 1.14. The summed E-state index contributed by atoms with van der Waals surface area (Å²) in [5, 5.41) is 6.15. The molecule has 0 saturated carbocycles. The van der Waals surface area contributed by atoms with Crippen molar-refractivity contribution in [3.05, 3.63) is 11.9 Å². The molecule has 1 atom stereocenters. The second kappa shape index (κ2) is 4.77. The van der Waals surface area contributed by atoms with Crippen LogP contribution in [0.3, 0.4) is 0 Å². The molecule has 0 spiro atoms. The summed E-state index contributed by atoms with van der Waals surface area (Å²) in [6.45, 7) is 8.05. The van der Waals surface area contributed by atoms with E-state index in [0.29, 0.717) is 11.6 Å². The second-order valence-corrected chi connectivity index (χ2v) is 4.93. The molecule has 0 saturated heterocycles. The van der Waals surface area contributed by atoms with Gasteiger partial charge in [-0.2, -0.15) is 0 Å². The van der Waals surface area contributed by atoms with Gasteiger partial charge in [0.2, 0.25) is 5.95 Å². The number of hydrogen-bond acceptors (Lipinski definition) is 3. The van der Waals surface area contributed by atoms with E-state index in [1.165, 1.54) is 0 Å².